The highest BCUT2D eigenvalue weighted by Gasteiger charge is 2.09. The van der Waals surface area contributed by atoms with Gasteiger partial charge in [0.2, 0.25) is 0 Å². The highest BCUT2D eigenvalue weighted by Crippen LogP contribution is 2.28. The first-order chi connectivity index (χ1) is 4.61. The van der Waals surface area contributed by atoms with E-state index < -0.39 is 8.07 Å². The maximum absolute atomic E-state index is 2.40. The van der Waals surface area contributed by atoms with E-state index in [0.717, 1.165) is 6.42 Å². The number of allylic oxidation sites excluding steroid dienone is 1. The maximum atomic E-state index is 2.40. The maximum Gasteiger partial charge on any atom is -0.00684 e. The fraction of sp³-hybridized carbons (Fsp3) is 0.500. The second-order valence-electron chi connectivity index (χ2n) is 3.58. The molecule has 0 amide bonds. The van der Waals surface area contributed by atoms with Crippen LogP contribution in [0.25, 0.3) is 0 Å². The molecule has 0 aromatic carbocycles. The highest BCUT2D eigenvalue weighted by atomic mass is 31.1. The molecule has 0 saturated heterocycles. The van der Waals surface area contributed by atoms with Crippen molar-refractivity contribution in [3.8, 4) is 0 Å². The quantitative estimate of drug-likeness (QED) is 0.321. The van der Waals surface area contributed by atoms with Gasteiger partial charge in [0.15, 0.2) is 0 Å². The summed E-state index contributed by atoms with van der Waals surface area (Å²) < 4.78 is 0. The smallest absolute Gasteiger partial charge is 0.00684 e. The molecule has 0 aliphatic carbocycles. The molecule has 1 aliphatic heterocycles. The van der Waals surface area contributed by atoms with Crippen LogP contribution in [-0.2, 0) is 0 Å². The van der Waals surface area contributed by atoms with Crippen molar-refractivity contribution in [1.29, 1.82) is 0 Å². The van der Waals surface area contributed by atoms with Gasteiger partial charge in [-0.2, -0.15) is 13.1 Å². The fourth-order valence-corrected chi connectivity index (χ4v) is 3.93. The van der Waals surface area contributed by atoms with Gasteiger partial charge in [0, 0.05) is 0 Å². The minimum absolute atomic E-state index is 0.970. The molecule has 0 atom stereocenters. The summed E-state index contributed by atoms with van der Waals surface area (Å²) >= 11 is 0. The van der Waals surface area contributed by atoms with Gasteiger partial charge in [-0.25, -0.2) is 12.5 Å². The van der Waals surface area contributed by atoms with Crippen LogP contribution in [0.15, 0.2) is 11.0 Å². The van der Waals surface area contributed by atoms with Crippen LogP contribution in [0.3, 0.4) is 0 Å². The molecule has 56 valence electrons. The zero-order valence-electron chi connectivity index (χ0n) is 6.89. The normalized spacial score (nSPS) is 19.7. The molecule has 0 aromatic heterocycles. The lowest BCUT2D eigenvalue weighted by atomic mass is 10.3. The Hall–Kier alpha value is -0.00312. The summed E-state index contributed by atoms with van der Waals surface area (Å²) in [4.78, 5) is 1.67. The first-order valence-electron chi connectivity index (χ1n) is 3.67. The Kier molecular flexibility index (Phi) is 2.38. The molecule has 0 aromatic rings. The molecule has 10 heavy (non-hydrogen) atoms. The summed E-state index contributed by atoms with van der Waals surface area (Å²) in [5.41, 5.74) is 0. The van der Waals surface area contributed by atoms with E-state index >= 15 is 0 Å². The lowest BCUT2D eigenvalue weighted by Gasteiger charge is -2.28. The predicted molar refractivity (Wildman–Crippen MR) is 53.3 cm³/mol. The Morgan fingerprint density at radius 1 is 1.50 bits per heavy atom. The van der Waals surface area contributed by atoms with Crippen LogP contribution in [0.1, 0.15) is 6.42 Å². The summed E-state index contributed by atoms with van der Waals surface area (Å²) in [5, 5.41) is 0. The van der Waals surface area contributed by atoms with Crippen molar-refractivity contribution in [2.45, 2.75) is 26.1 Å². The molecule has 0 spiro atoms. The topological polar surface area (TPSA) is 0 Å². The standard InChI is InChI=1S/C8H14PSi/c1-10(2,3)8-6-4-5-7-9-8/h4,6-7H,5H2,1-3H3/q-1. The second kappa shape index (κ2) is 2.94. The zero-order valence-corrected chi connectivity index (χ0v) is 8.78. The predicted octanol–water partition coefficient (Wildman–Crippen LogP) is 3.10. The van der Waals surface area contributed by atoms with Crippen LogP contribution in [0.5, 0.6) is 0 Å². The Labute approximate surface area is 66.2 Å². The lowest BCUT2D eigenvalue weighted by molar-refractivity contribution is 1.41. The van der Waals surface area contributed by atoms with E-state index in [1.807, 2.05) is 0 Å². The van der Waals surface area contributed by atoms with Gasteiger partial charge in [0.1, 0.15) is 0 Å². The lowest BCUT2D eigenvalue weighted by Crippen LogP contribution is -2.21. The summed E-state index contributed by atoms with van der Waals surface area (Å²) in [6, 6.07) is 0. The van der Waals surface area contributed by atoms with E-state index in [1.165, 1.54) is 8.20 Å². The average molecular weight is 169 g/mol. The molecular weight excluding hydrogens is 155 g/mol. The van der Waals surface area contributed by atoms with Crippen molar-refractivity contribution in [2.75, 3.05) is 0 Å². The van der Waals surface area contributed by atoms with Crippen LogP contribution in [0.2, 0.25) is 19.6 Å². The van der Waals surface area contributed by atoms with E-state index in [-0.39, 0.29) is 0 Å². The molecule has 0 saturated carbocycles. The van der Waals surface area contributed by atoms with Crippen molar-refractivity contribution < 1.29 is 0 Å². The van der Waals surface area contributed by atoms with E-state index in [1.54, 1.807) is 4.94 Å². The Morgan fingerprint density at radius 2 is 2.20 bits per heavy atom. The van der Waals surface area contributed by atoms with Gasteiger partial charge < -0.3 is 0 Å². The minimum atomic E-state index is -0.970. The first kappa shape index (κ1) is 8.10. The van der Waals surface area contributed by atoms with Crippen LogP contribution >= 0.6 is 8.20 Å². The molecule has 0 fully saturated rings. The molecule has 0 N–H and O–H groups in total. The minimum Gasteiger partial charge on any atom is -0.226 e. The molecule has 1 heterocycles. The number of rotatable bonds is 1. The zero-order chi connectivity index (χ0) is 7.61. The molecule has 1 rings (SSSR count). The molecule has 0 nitrogen and oxygen atoms in total. The second-order valence-corrected chi connectivity index (χ2v) is 10.1. The van der Waals surface area contributed by atoms with Gasteiger partial charge in [-0.1, -0.05) is 31.9 Å². The summed E-state index contributed by atoms with van der Waals surface area (Å²) in [6.45, 7) is 7.20. The number of hydrogen-bond acceptors (Lipinski definition) is 0. The van der Waals surface area contributed by atoms with E-state index in [0.29, 0.717) is 0 Å². The van der Waals surface area contributed by atoms with Crippen molar-refractivity contribution in [3.05, 3.63) is 17.4 Å². The van der Waals surface area contributed by atoms with Crippen LogP contribution in [0, 0.1) is 6.42 Å². The van der Waals surface area contributed by atoms with E-state index in [9.17, 15) is 0 Å². The summed E-state index contributed by atoms with van der Waals surface area (Å²) in [7, 11) is 0.504. The monoisotopic (exact) mass is 169 g/mol. The third kappa shape index (κ3) is 2.00. The first-order valence-corrected chi connectivity index (χ1v) is 8.13. The van der Waals surface area contributed by atoms with Crippen molar-refractivity contribution in [3.63, 3.8) is 0 Å². The van der Waals surface area contributed by atoms with Gasteiger partial charge in [-0.3, -0.25) is 0 Å². The number of hydrogen-bond donors (Lipinski definition) is 0. The van der Waals surface area contributed by atoms with Gasteiger partial charge in [0.25, 0.3) is 0 Å². The van der Waals surface area contributed by atoms with Crippen LogP contribution in [-0.4, -0.2) is 13.9 Å². The Balaban J connectivity index is 2.73. The third-order valence-electron chi connectivity index (χ3n) is 1.52. The van der Waals surface area contributed by atoms with Gasteiger partial charge in [-0.15, -0.1) is 0 Å². The van der Waals surface area contributed by atoms with E-state index in [4.69, 9.17) is 0 Å². The fourth-order valence-electron chi connectivity index (χ4n) is 0.878. The highest BCUT2D eigenvalue weighted by molar-refractivity contribution is 7.49. The molecule has 1 aliphatic rings. The Morgan fingerprint density at radius 3 is 2.50 bits per heavy atom. The van der Waals surface area contributed by atoms with E-state index in [2.05, 4.69) is 37.9 Å². The van der Waals surface area contributed by atoms with Crippen molar-refractivity contribution in [2.24, 2.45) is 0 Å². The average Bonchev–Trinajstić information content (AvgIpc) is 1.88. The van der Waals surface area contributed by atoms with Gasteiger partial charge in [-0.05, 0) is 8.07 Å². The molecule has 2 heteroatoms. The largest absolute Gasteiger partial charge is 0.226 e. The molecule has 0 radical (unpaired) electrons. The Bertz CT molecular complexity index is 174. The van der Waals surface area contributed by atoms with Gasteiger partial charge in [0.05, 0.1) is 0 Å². The SMILES string of the molecule is C[Si](C)(C)C1=C[CH-]CC=P1. The summed E-state index contributed by atoms with van der Waals surface area (Å²) in [5.74, 6) is 2.34. The summed E-state index contributed by atoms with van der Waals surface area (Å²) in [6.07, 6.45) is 5.76. The van der Waals surface area contributed by atoms with Crippen LogP contribution in [0.4, 0.5) is 0 Å². The molecular formula is C8H14PSi-. The molecule has 0 unspecified atom stereocenters. The third-order valence-corrected chi connectivity index (χ3v) is 6.44. The van der Waals surface area contributed by atoms with Crippen LogP contribution < -0.4 is 0 Å². The molecule has 0 bridgehead atoms. The van der Waals surface area contributed by atoms with Crippen molar-refractivity contribution >= 4 is 22.1 Å². The van der Waals surface area contributed by atoms with Gasteiger partial charge >= 0.3 is 0 Å². The van der Waals surface area contributed by atoms with Crippen molar-refractivity contribution in [1.82, 2.24) is 0 Å².